The van der Waals surface area contributed by atoms with Crippen LogP contribution >= 0.6 is 0 Å². The van der Waals surface area contributed by atoms with Gasteiger partial charge in [-0.3, -0.25) is 9.35 Å². The van der Waals surface area contributed by atoms with Crippen LogP contribution in [0.4, 0.5) is 0 Å². The third-order valence-electron chi connectivity index (χ3n) is 1.05. The molecule has 1 aromatic carbocycles. The number of rotatable bonds is 2. The molecular formula is C8H12NO3S-. The SMILES string of the molecule is CCOc1ccccc1.NS(=O)[O-]. The van der Waals surface area contributed by atoms with Gasteiger partial charge < -0.3 is 9.29 Å². The monoisotopic (exact) mass is 202 g/mol. The topological polar surface area (TPSA) is 75.4 Å². The summed E-state index contributed by atoms with van der Waals surface area (Å²) in [7, 11) is 0. The molecule has 0 amide bonds. The van der Waals surface area contributed by atoms with Crippen LogP contribution in [0.3, 0.4) is 0 Å². The largest absolute Gasteiger partial charge is 0.760 e. The van der Waals surface area contributed by atoms with Gasteiger partial charge in [-0.1, -0.05) is 18.2 Å². The molecule has 4 nitrogen and oxygen atoms in total. The van der Waals surface area contributed by atoms with Gasteiger partial charge in [0.1, 0.15) is 5.75 Å². The zero-order valence-corrected chi connectivity index (χ0v) is 8.12. The Balaban J connectivity index is 0.000000310. The van der Waals surface area contributed by atoms with E-state index in [1.807, 2.05) is 37.3 Å². The first-order chi connectivity index (χ1) is 6.16. The van der Waals surface area contributed by atoms with Gasteiger partial charge in [-0.05, 0) is 19.1 Å². The molecule has 1 rings (SSSR count). The third-order valence-corrected chi connectivity index (χ3v) is 1.05. The van der Waals surface area contributed by atoms with E-state index in [1.165, 1.54) is 0 Å². The van der Waals surface area contributed by atoms with Gasteiger partial charge in [0, 0.05) is 11.3 Å². The van der Waals surface area contributed by atoms with Crippen LogP contribution < -0.4 is 9.88 Å². The maximum atomic E-state index is 8.78. The maximum absolute atomic E-state index is 8.78. The van der Waals surface area contributed by atoms with Gasteiger partial charge in [-0.2, -0.15) is 0 Å². The zero-order valence-electron chi connectivity index (χ0n) is 7.30. The van der Waals surface area contributed by atoms with Crippen LogP contribution in [-0.4, -0.2) is 15.4 Å². The molecule has 0 spiro atoms. The van der Waals surface area contributed by atoms with Gasteiger partial charge in [0.25, 0.3) is 0 Å². The Morgan fingerprint density at radius 2 is 1.92 bits per heavy atom. The fourth-order valence-electron chi connectivity index (χ4n) is 0.683. The first-order valence-electron chi connectivity index (χ1n) is 3.68. The van der Waals surface area contributed by atoms with Gasteiger partial charge in [-0.15, -0.1) is 0 Å². The van der Waals surface area contributed by atoms with Crippen LogP contribution in [0.5, 0.6) is 5.75 Å². The lowest BCUT2D eigenvalue weighted by Crippen LogP contribution is -1.97. The van der Waals surface area contributed by atoms with Crippen molar-refractivity contribution in [3.8, 4) is 5.75 Å². The first-order valence-corrected chi connectivity index (χ1v) is 4.82. The van der Waals surface area contributed by atoms with Crippen molar-refractivity contribution < 1.29 is 13.5 Å². The van der Waals surface area contributed by atoms with E-state index in [1.54, 1.807) is 0 Å². The summed E-state index contributed by atoms with van der Waals surface area (Å²) in [6.45, 7) is 2.72. The van der Waals surface area contributed by atoms with E-state index in [9.17, 15) is 0 Å². The zero-order chi connectivity index (χ0) is 10.1. The molecule has 0 fully saturated rings. The summed E-state index contributed by atoms with van der Waals surface area (Å²) in [4.78, 5) is 0. The second kappa shape index (κ2) is 7.72. The average molecular weight is 202 g/mol. The Kier molecular flexibility index (Phi) is 7.18. The minimum atomic E-state index is -2.36. The predicted octanol–water partition coefficient (Wildman–Crippen LogP) is 0.825. The average Bonchev–Trinajstić information content (AvgIpc) is 2.06. The molecule has 0 aliphatic rings. The number of hydrogen-bond acceptors (Lipinski definition) is 3. The van der Waals surface area contributed by atoms with E-state index < -0.39 is 11.3 Å². The smallest absolute Gasteiger partial charge is 0.119 e. The third kappa shape index (κ3) is 9.00. The standard InChI is InChI=1S/C8H10O.H3NO2S/c1-2-9-8-6-4-3-5-7-8;1-4(2)3/h3-7H,2H2,1H3;1H2,(H,2,3)/p-1. The molecule has 0 aliphatic heterocycles. The first kappa shape index (κ1) is 12.1. The predicted molar refractivity (Wildman–Crippen MR) is 50.7 cm³/mol. The molecule has 2 N–H and O–H groups in total. The molecule has 0 aliphatic carbocycles. The van der Waals surface area contributed by atoms with Crippen molar-refractivity contribution in [2.75, 3.05) is 6.61 Å². The second-order valence-electron chi connectivity index (χ2n) is 2.01. The number of benzene rings is 1. The summed E-state index contributed by atoms with van der Waals surface area (Å²) < 4.78 is 22.8. The van der Waals surface area contributed by atoms with Crippen LogP contribution in [0, 0.1) is 0 Å². The van der Waals surface area contributed by atoms with Gasteiger partial charge >= 0.3 is 0 Å². The van der Waals surface area contributed by atoms with Gasteiger partial charge in [0.05, 0.1) is 6.61 Å². The summed E-state index contributed by atoms with van der Waals surface area (Å²) in [5, 5.41) is 4.03. The van der Waals surface area contributed by atoms with Crippen LogP contribution in [0.25, 0.3) is 0 Å². The normalized spacial score (nSPS) is 11.0. The van der Waals surface area contributed by atoms with E-state index >= 15 is 0 Å². The summed E-state index contributed by atoms with van der Waals surface area (Å²) in [5.41, 5.74) is 0. The number of nitrogens with two attached hydrogens (primary N) is 1. The Morgan fingerprint density at radius 3 is 2.31 bits per heavy atom. The van der Waals surface area contributed by atoms with Crippen molar-refractivity contribution >= 4 is 11.3 Å². The highest BCUT2D eigenvalue weighted by molar-refractivity contribution is 7.76. The van der Waals surface area contributed by atoms with Crippen molar-refractivity contribution in [2.45, 2.75) is 6.92 Å². The van der Waals surface area contributed by atoms with Gasteiger partial charge in [0.15, 0.2) is 0 Å². The molecule has 13 heavy (non-hydrogen) atoms. The summed E-state index contributed by atoms with van der Waals surface area (Å²) >= 11 is -2.36. The number of hydrogen-bond donors (Lipinski definition) is 1. The number of ether oxygens (including phenoxy) is 1. The lowest BCUT2D eigenvalue weighted by molar-refractivity contribution is 0.340. The quantitative estimate of drug-likeness (QED) is 0.721. The van der Waals surface area contributed by atoms with Crippen LogP contribution in [-0.2, 0) is 11.3 Å². The van der Waals surface area contributed by atoms with Crippen molar-refractivity contribution in [1.29, 1.82) is 0 Å². The molecule has 5 heteroatoms. The highest BCUT2D eigenvalue weighted by atomic mass is 32.2. The van der Waals surface area contributed by atoms with E-state index in [-0.39, 0.29) is 0 Å². The Labute approximate surface area is 80.1 Å². The van der Waals surface area contributed by atoms with Crippen LogP contribution in [0.1, 0.15) is 6.92 Å². The van der Waals surface area contributed by atoms with Crippen LogP contribution in [0.15, 0.2) is 30.3 Å². The van der Waals surface area contributed by atoms with Gasteiger partial charge in [-0.25, -0.2) is 0 Å². The highest BCUT2D eigenvalue weighted by Gasteiger charge is 1.83. The summed E-state index contributed by atoms with van der Waals surface area (Å²) in [6, 6.07) is 9.80. The molecule has 74 valence electrons. The Hall–Kier alpha value is -0.910. The van der Waals surface area contributed by atoms with Gasteiger partial charge in [0.2, 0.25) is 0 Å². The molecule has 1 atom stereocenters. The van der Waals surface area contributed by atoms with Crippen molar-refractivity contribution in [2.24, 2.45) is 5.14 Å². The Morgan fingerprint density at radius 1 is 1.46 bits per heavy atom. The lowest BCUT2D eigenvalue weighted by Gasteiger charge is -1.99. The van der Waals surface area contributed by atoms with Crippen molar-refractivity contribution in [3.63, 3.8) is 0 Å². The molecular weight excluding hydrogens is 190 g/mol. The van der Waals surface area contributed by atoms with Crippen molar-refractivity contribution in [3.05, 3.63) is 30.3 Å². The minimum absolute atomic E-state index is 0.740. The fraction of sp³-hybridized carbons (Fsp3) is 0.250. The van der Waals surface area contributed by atoms with E-state index in [2.05, 4.69) is 5.14 Å². The molecule has 0 bridgehead atoms. The molecule has 0 radical (unpaired) electrons. The fourth-order valence-corrected chi connectivity index (χ4v) is 0.683. The van der Waals surface area contributed by atoms with E-state index in [0.717, 1.165) is 12.4 Å². The minimum Gasteiger partial charge on any atom is -0.760 e. The summed E-state index contributed by atoms with van der Waals surface area (Å²) in [5.74, 6) is 0.944. The van der Waals surface area contributed by atoms with E-state index in [4.69, 9.17) is 13.5 Å². The Bertz CT molecular complexity index is 236. The lowest BCUT2D eigenvalue weighted by atomic mass is 10.3. The molecule has 0 aromatic heterocycles. The molecule has 0 heterocycles. The van der Waals surface area contributed by atoms with E-state index in [0.29, 0.717) is 0 Å². The molecule has 1 aromatic rings. The summed E-state index contributed by atoms with van der Waals surface area (Å²) in [6.07, 6.45) is 0. The second-order valence-corrected chi connectivity index (χ2v) is 2.53. The maximum Gasteiger partial charge on any atom is 0.119 e. The highest BCUT2D eigenvalue weighted by Crippen LogP contribution is 2.06. The molecule has 0 saturated heterocycles. The number of para-hydroxylation sites is 1. The van der Waals surface area contributed by atoms with Crippen LogP contribution in [0.2, 0.25) is 0 Å². The molecule has 0 saturated carbocycles. The molecule has 1 unspecified atom stereocenters. The van der Waals surface area contributed by atoms with Crippen molar-refractivity contribution in [1.82, 2.24) is 0 Å².